The quantitative estimate of drug-likeness (QED) is 0.349. The minimum absolute atomic E-state index is 0.0449. The molecule has 4 aromatic heterocycles. The van der Waals surface area contributed by atoms with Gasteiger partial charge in [0.2, 0.25) is 5.13 Å². The minimum atomic E-state index is -2.90. The smallest absolute Gasteiger partial charge is 0.292 e. The number of carbonyl (C=O) groups excluding carboxylic acids is 1. The van der Waals surface area contributed by atoms with E-state index >= 15 is 0 Å². The maximum atomic E-state index is 14.4. The molecule has 0 unspecified atom stereocenters. The average Bonchev–Trinajstić information content (AvgIpc) is 3.67. The van der Waals surface area contributed by atoms with Crippen LogP contribution in [0.2, 0.25) is 0 Å². The highest BCUT2D eigenvalue weighted by Gasteiger charge is 2.23. The zero-order valence-corrected chi connectivity index (χ0v) is 21.4. The van der Waals surface area contributed by atoms with Crippen molar-refractivity contribution in [2.24, 2.45) is 5.92 Å². The summed E-state index contributed by atoms with van der Waals surface area (Å²) < 4.78 is 47.7. The molecule has 9 nitrogen and oxygen atoms in total. The lowest BCUT2D eigenvalue weighted by Crippen LogP contribution is -2.23. The number of alkyl halides is 2. The van der Waals surface area contributed by atoms with Crippen LogP contribution in [0.5, 0.6) is 5.75 Å². The Morgan fingerprint density at radius 1 is 1.21 bits per heavy atom. The number of nitrogens with one attached hydrogen (secondary N) is 1. The van der Waals surface area contributed by atoms with Gasteiger partial charge >= 0.3 is 0 Å². The van der Waals surface area contributed by atoms with Crippen LogP contribution in [0.3, 0.4) is 0 Å². The first kappa shape index (κ1) is 26.1. The van der Waals surface area contributed by atoms with Crippen molar-refractivity contribution < 1.29 is 22.7 Å². The molecule has 1 N–H and O–H groups in total. The largest absolute Gasteiger partial charge is 0.494 e. The van der Waals surface area contributed by atoms with Gasteiger partial charge in [0.15, 0.2) is 10.8 Å². The van der Waals surface area contributed by atoms with E-state index in [-0.39, 0.29) is 39.0 Å². The average molecular weight is 553 g/mol. The van der Waals surface area contributed by atoms with Gasteiger partial charge < -0.3 is 4.74 Å². The number of hydrogen-bond acceptors (Lipinski definition) is 8. The number of halogens is 3. The van der Waals surface area contributed by atoms with E-state index in [1.165, 1.54) is 32.4 Å². The molecule has 4 aromatic rings. The van der Waals surface area contributed by atoms with Crippen LogP contribution in [0, 0.1) is 30.5 Å². The van der Waals surface area contributed by atoms with Crippen LogP contribution in [0.1, 0.15) is 45.9 Å². The number of carbonyl (C=O) groups is 1. The van der Waals surface area contributed by atoms with Gasteiger partial charge in [0, 0.05) is 29.4 Å². The van der Waals surface area contributed by atoms with Crippen LogP contribution in [-0.2, 0) is 0 Å². The first-order chi connectivity index (χ1) is 18.7. The highest BCUT2D eigenvalue weighted by Crippen LogP contribution is 2.35. The molecule has 198 valence electrons. The highest BCUT2D eigenvalue weighted by atomic mass is 32.1. The Kier molecular flexibility index (Phi) is 7.12. The van der Waals surface area contributed by atoms with Crippen LogP contribution in [0.4, 0.5) is 18.3 Å². The van der Waals surface area contributed by atoms with Crippen molar-refractivity contribution >= 4 is 22.4 Å². The summed E-state index contributed by atoms with van der Waals surface area (Å²) in [4.78, 5) is 33.8. The highest BCUT2D eigenvalue weighted by molar-refractivity contribution is 7.15. The predicted molar refractivity (Wildman–Crippen MR) is 137 cm³/mol. The lowest BCUT2D eigenvalue weighted by Gasteiger charge is -2.15. The second-order valence-corrected chi connectivity index (χ2v) is 9.57. The number of hydrogen-bond donors (Lipinski definition) is 1. The zero-order chi connectivity index (χ0) is 27.7. The Balaban J connectivity index is 1.60. The van der Waals surface area contributed by atoms with E-state index in [0.717, 1.165) is 47.2 Å². The van der Waals surface area contributed by atoms with E-state index in [1.807, 2.05) is 0 Å². The van der Waals surface area contributed by atoms with Gasteiger partial charge in [-0.2, -0.15) is 0 Å². The van der Waals surface area contributed by atoms with Crippen molar-refractivity contribution in [3.05, 3.63) is 74.8 Å². The molecule has 5 rings (SSSR count). The second kappa shape index (κ2) is 10.7. The second-order valence-electron chi connectivity index (χ2n) is 8.60. The van der Waals surface area contributed by atoms with E-state index in [0.29, 0.717) is 10.9 Å². The number of nitrogens with zero attached hydrogens (tertiary/aromatic N) is 5. The SMILES string of the molecule is COc1cnc(C(F)F)cc1-c1cc(-n2ccc(C)c(F)c2=O)ncc1C(=O)Nc1nnc(C#CC2CC2)s1. The van der Waals surface area contributed by atoms with Gasteiger partial charge in [0.1, 0.15) is 17.3 Å². The number of rotatable bonds is 6. The molecule has 39 heavy (non-hydrogen) atoms. The molecular formula is C26H19F3N6O3S. The Morgan fingerprint density at radius 3 is 2.72 bits per heavy atom. The summed E-state index contributed by atoms with van der Waals surface area (Å²) in [6, 6.07) is 3.78. The third-order valence-electron chi connectivity index (χ3n) is 5.84. The summed E-state index contributed by atoms with van der Waals surface area (Å²) in [6.45, 7) is 1.44. The number of pyridine rings is 3. The van der Waals surface area contributed by atoms with Gasteiger partial charge in [0.25, 0.3) is 17.9 Å². The van der Waals surface area contributed by atoms with Crippen LogP contribution in [0.25, 0.3) is 16.9 Å². The number of ether oxygens (including phenoxy) is 1. The molecule has 0 radical (unpaired) electrons. The van der Waals surface area contributed by atoms with Crippen LogP contribution < -0.4 is 15.6 Å². The summed E-state index contributed by atoms with van der Waals surface area (Å²) in [5.41, 5.74) is -1.25. The lowest BCUT2D eigenvalue weighted by atomic mass is 10.00. The van der Waals surface area contributed by atoms with Crippen molar-refractivity contribution in [1.29, 1.82) is 0 Å². The van der Waals surface area contributed by atoms with Gasteiger partial charge in [-0.3, -0.25) is 24.5 Å². The van der Waals surface area contributed by atoms with Gasteiger partial charge in [0.05, 0.1) is 18.9 Å². The summed E-state index contributed by atoms with van der Waals surface area (Å²) in [6.07, 6.45) is 2.78. The Hall–Kier alpha value is -4.57. The Labute approximate surface area is 223 Å². The number of aromatic nitrogens is 5. The molecule has 1 amide bonds. The van der Waals surface area contributed by atoms with E-state index in [2.05, 4.69) is 37.3 Å². The fourth-order valence-electron chi connectivity index (χ4n) is 3.59. The molecule has 1 aliphatic rings. The van der Waals surface area contributed by atoms with Crippen molar-refractivity contribution in [1.82, 2.24) is 24.7 Å². The third kappa shape index (κ3) is 5.51. The number of anilines is 1. The normalized spacial score (nSPS) is 12.7. The monoisotopic (exact) mass is 552 g/mol. The first-order valence-corrected chi connectivity index (χ1v) is 12.4. The fourth-order valence-corrected chi connectivity index (χ4v) is 4.19. The van der Waals surface area contributed by atoms with Gasteiger partial charge in [-0.25, -0.2) is 18.2 Å². The Morgan fingerprint density at radius 2 is 2.00 bits per heavy atom. The molecule has 1 fully saturated rings. The van der Waals surface area contributed by atoms with Gasteiger partial charge in [-0.1, -0.05) is 17.3 Å². The van der Waals surface area contributed by atoms with Crippen LogP contribution in [-0.4, -0.2) is 37.7 Å². The molecule has 0 saturated heterocycles. The predicted octanol–water partition coefficient (Wildman–Crippen LogP) is 4.55. The maximum absolute atomic E-state index is 14.4. The van der Waals surface area contributed by atoms with Gasteiger partial charge in [-0.05, 0) is 49.4 Å². The van der Waals surface area contributed by atoms with E-state index in [4.69, 9.17) is 4.74 Å². The topological polar surface area (TPSA) is 112 Å². The fraction of sp³-hybridized carbons (Fsp3) is 0.231. The maximum Gasteiger partial charge on any atom is 0.292 e. The van der Waals surface area contributed by atoms with Crippen molar-refractivity contribution in [2.75, 3.05) is 12.4 Å². The number of aryl methyl sites for hydroxylation is 1. The molecular weight excluding hydrogens is 533 g/mol. The summed E-state index contributed by atoms with van der Waals surface area (Å²) in [5.74, 6) is 4.74. The molecule has 0 bridgehead atoms. The summed E-state index contributed by atoms with van der Waals surface area (Å²) in [5, 5.41) is 11.1. The minimum Gasteiger partial charge on any atom is -0.494 e. The molecule has 0 aromatic carbocycles. The van der Waals surface area contributed by atoms with Crippen molar-refractivity contribution in [2.45, 2.75) is 26.2 Å². The molecule has 0 atom stereocenters. The number of methoxy groups -OCH3 is 1. The number of amides is 1. The third-order valence-corrected chi connectivity index (χ3v) is 6.59. The molecule has 4 heterocycles. The van der Waals surface area contributed by atoms with E-state index < -0.39 is 29.4 Å². The zero-order valence-electron chi connectivity index (χ0n) is 20.5. The molecule has 0 aliphatic heterocycles. The Bertz CT molecular complexity index is 1710. The van der Waals surface area contributed by atoms with Crippen molar-refractivity contribution in [3.8, 4) is 34.5 Å². The standard InChI is InChI=1S/C26H19F3N6O3S/c1-13-7-8-35(25(37)22(13)27)20-10-15(16-9-18(23(28)29)30-12-19(16)38-2)17(11-31-20)24(36)32-26-34-33-21(39-26)6-5-14-3-4-14/h7-12,14,23H,3-4H2,1-2H3,(H,32,34,36). The molecule has 1 aliphatic carbocycles. The van der Waals surface area contributed by atoms with Crippen LogP contribution >= 0.6 is 11.3 Å². The lowest BCUT2D eigenvalue weighted by molar-refractivity contribution is 0.102. The van der Waals surface area contributed by atoms with E-state index in [9.17, 15) is 22.8 Å². The van der Waals surface area contributed by atoms with Crippen molar-refractivity contribution in [3.63, 3.8) is 0 Å². The summed E-state index contributed by atoms with van der Waals surface area (Å²) >= 11 is 1.08. The molecule has 13 heteroatoms. The molecule has 0 spiro atoms. The summed E-state index contributed by atoms with van der Waals surface area (Å²) in [7, 11) is 1.32. The van der Waals surface area contributed by atoms with E-state index in [1.54, 1.807) is 0 Å². The first-order valence-electron chi connectivity index (χ1n) is 11.6. The molecule has 1 saturated carbocycles. The van der Waals surface area contributed by atoms with Crippen LogP contribution in [0.15, 0.2) is 41.6 Å². The van der Waals surface area contributed by atoms with Gasteiger partial charge in [-0.15, -0.1) is 10.2 Å².